The lowest BCUT2D eigenvalue weighted by Crippen LogP contribution is -2.25. The van der Waals surface area contributed by atoms with Gasteiger partial charge in [-0.15, -0.1) is 13.2 Å². The van der Waals surface area contributed by atoms with Gasteiger partial charge in [0.1, 0.15) is 0 Å². The van der Waals surface area contributed by atoms with Crippen molar-refractivity contribution in [3.05, 3.63) is 60.7 Å². The van der Waals surface area contributed by atoms with Gasteiger partial charge < -0.3 is 4.74 Å². The number of unbranched alkanes of at least 4 members (excludes halogenated alkanes) is 1. The quantitative estimate of drug-likeness (QED) is 0.297. The SMILES string of the molecule is C=CCCCC1CCC(C2CCC(c3ccc(COCC=C)cc3)CC2)CC1. The zero-order valence-corrected chi connectivity index (χ0v) is 17.8. The van der Waals surface area contributed by atoms with E-state index in [-0.39, 0.29) is 0 Å². The van der Waals surface area contributed by atoms with Crippen molar-refractivity contribution in [3.63, 3.8) is 0 Å². The number of hydrogen-bond donors (Lipinski definition) is 0. The third kappa shape index (κ3) is 6.34. The van der Waals surface area contributed by atoms with Gasteiger partial charge in [0.2, 0.25) is 0 Å². The van der Waals surface area contributed by atoms with Crippen molar-refractivity contribution in [2.75, 3.05) is 6.61 Å². The van der Waals surface area contributed by atoms with Crippen molar-refractivity contribution < 1.29 is 4.74 Å². The molecule has 0 N–H and O–H groups in total. The van der Waals surface area contributed by atoms with Gasteiger partial charge in [-0.1, -0.05) is 55.7 Å². The lowest BCUT2D eigenvalue weighted by atomic mass is 9.68. The molecule has 2 saturated carbocycles. The van der Waals surface area contributed by atoms with E-state index in [1.54, 1.807) is 0 Å². The van der Waals surface area contributed by atoms with Crippen molar-refractivity contribution in [1.82, 2.24) is 0 Å². The predicted octanol–water partition coefficient (Wildman–Crippen LogP) is 7.83. The van der Waals surface area contributed by atoms with Crippen molar-refractivity contribution >= 4 is 0 Å². The summed E-state index contributed by atoms with van der Waals surface area (Å²) in [7, 11) is 0. The first-order chi connectivity index (χ1) is 13.8. The summed E-state index contributed by atoms with van der Waals surface area (Å²) in [5, 5.41) is 0. The molecule has 0 aliphatic heterocycles. The second-order valence-electron chi connectivity index (χ2n) is 9.16. The van der Waals surface area contributed by atoms with Gasteiger partial charge in [0.15, 0.2) is 0 Å². The molecule has 154 valence electrons. The van der Waals surface area contributed by atoms with Crippen molar-refractivity contribution in [2.24, 2.45) is 17.8 Å². The predicted molar refractivity (Wildman–Crippen MR) is 120 cm³/mol. The fourth-order valence-electron chi connectivity index (χ4n) is 5.57. The fourth-order valence-corrected chi connectivity index (χ4v) is 5.57. The Morgan fingerprint density at radius 3 is 2.07 bits per heavy atom. The van der Waals surface area contributed by atoms with Gasteiger partial charge >= 0.3 is 0 Å². The molecule has 2 fully saturated rings. The van der Waals surface area contributed by atoms with Crippen molar-refractivity contribution in [1.29, 1.82) is 0 Å². The number of hydrogen-bond acceptors (Lipinski definition) is 1. The van der Waals surface area contributed by atoms with Crippen LogP contribution in [-0.2, 0) is 11.3 Å². The highest BCUT2D eigenvalue weighted by Gasteiger charge is 2.31. The van der Waals surface area contributed by atoms with E-state index >= 15 is 0 Å². The van der Waals surface area contributed by atoms with E-state index in [0.29, 0.717) is 13.2 Å². The van der Waals surface area contributed by atoms with Crippen LogP contribution in [0.3, 0.4) is 0 Å². The van der Waals surface area contributed by atoms with E-state index in [2.05, 4.69) is 43.5 Å². The summed E-state index contributed by atoms with van der Waals surface area (Å²) in [5.41, 5.74) is 2.81. The lowest BCUT2D eigenvalue weighted by molar-refractivity contribution is 0.149. The summed E-state index contributed by atoms with van der Waals surface area (Å²) in [4.78, 5) is 0. The van der Waals surface area contributed by atoms with Crippen LogP contribution in [0, 0.1) is 17.8 Å². The normalized spacial score (nSPS) is 28.0. The van der Waals surface area contributed by atoms with Crippen LogP contribution >= 0.6 is 0 Å². The van der Waals surface area contributed by atoms with Gasteiger partial charge in [-0.2, -0.15) is 0 Å². The first-order valence-corrected chi connectivity index (χ1v) is 11.7. The van der Waals surface area contributed by atoms with E-state index in [1.165, 1.54) is 81.8 Å². The summed E-state index contributed by atoms with van der Waals surface area (Å²) in [6.45, 7) is 8.87. The maximum absolute atomic E-state index is 5.55. The van der Waals surface area contributed by atoms with Gasteiger partial charge in [-0.25, -0.2) is 0 Å². The van der Waals surface area contributed by atoms with Crippen LogP contribution in [0.15, 0.2) is 49.6 Å². The van der Waals surface area contributed by atoms with E-state index in [0.717, 1.165) is 23.7 Å². The molecule has 0 heterocycles. The number of benzene rings is 1. The summed E-state index contributed by atoms with van der Waals surface area (Å²) < 4.78 is 5.55. The Hall–Kier alpha value is -1.34. The van der Waals surface area contributed by atoms with Gasteiger partial charge in [0.25, 0.3) is 0 Å². The maximum Gasteiger partial charge on any atom is 0.0721 e. The zero-order chi connectivity index (χ0) is 19.6. The van der Waals surface area contributed by atoms with Gasteiger partial charge in [-0.05, 0) is 86.2 Å². The molecule has 0 bridgehead atoms. The summed E-state index contributed by atoms with van der Waals surface area (Å²) in [6, 6.07) is 9.18. The van der Waals surface area contributed by atoms with Crippen LogP contribution in [0.5, 0.6) is 0 Å². The Morgan fingerprint density at radius 1 is 0.821 bits per heavy atom. The van der Waals surface area contributed by atoms with Gasteiger partial charge in [0.05, 0.1) is 13.2 Å². The van der Waals surface area contributed by atoms with Gasteiger partial charge in [0, 0.05) is 0 Å². The highest BCUT2D eigenvalue weighted by atomic mass is 16.5. The molecular formula is C27H40O. The zero-order valence-electron chi connectivity index (χ0n) is 17.8. The lowest BCUT2D eigenvalue weighted by Gasteiger charge is -2.38. The monoisotopic (exact) mass is 380 g/mol. The highest BCUT2D eigenvalue weighted by Crippen LogP contribution is 2.44. The van der Waals surface area contributed by atoms with Crippen LogP contribution in [0.4, 0.5) is 0 Å². The molecule has 0 saturated heterocycles. The minimum Gasteiger partial charge on any atom is -0.373 e. The molecule has 0 radical (unpaired) electrons. The largest absolute Gasteiger partial charge is 0.373 e. The Morgan fingerprint density at radius 2 is 1.46 bits per heavy atom. The first-order valence-electron chi connectivity index (χ1n) is 11.7. The van der Waals surface area contributed by atoms with Crippen LogP contribution in [0.25, 0.3) is 0 Å². The minimum absolute atomic E-state index is 0.627. The first kappa shape index (κ1) is 21.4. The summed E-state index contributed by atoms with van der Waals surface area (Å²) in [5.74, 6) is 3.79. The van der Waals surface area contributed by atoms with Crippen LogP contribution < -0.4 is 0 Å². The molecule has 0 aromatic heterocycles. The topological polar surface area (TPSA) is 9.23 Å². The van der Waals surface area contributed by atoms with E-state index < -0.39 is 0 Å². The second-order valence-corrected chi connectivity index (χ2v) is 9.16. The number of rotatable bonds is 10. The molecule has 0 spiro atoms. The third-order valence-corrected chi connectivity index (χ3v) is 7.31. The maximum atomic E-state index is 5.55. The minimum atomic E-state index is 0.627. The average molecular weight is 381 g/mol. The van der Waals surface area contributed by atoms with Gasteiger partial charge in [-0.3, -0.25) is 0 Å². The molecule has 2 aliphatic carbocycles. The molecule has 0 amide bonds. The number of allylic oxidation sites excluding steroid dienone is 1. The molecule has 0 atom stereocenters. The second kappa shape index (κ2) is 11.6. The van der Waals surface area contributed by atoms with E-state index in [9.17, 15) is 0 Å². The Balaban J connectivity index is 1.39. The molecule has 1 aromatic carbocycles. The molecule has 1 aromatic rings. The highest BCUT2D eigenvalue weighted by molar-refractivity contribution is 5.25. The van der Waals surface area contributed by atoms with Crippen molar-refractivity contribution in [2.45, 2.75) is 83.2 Å². The Bertz CT molecular complexity index is 571. The summed E-state index contributed by atoms with van der Waals surface area (Å²) in [6.07, 6.45) is 19.5. The molecule has 1 nitrogen and oxygen atoms in total. The molecule has 1 heteroatoms. The third-order valence-electron chi connectivity index (χ3n) is 7.31. The average Bonchev–Trinajstić information content (AvgIpc) is 2.75. The molecule has 28 heavy (non-hydrogen) atoms. The van der Waals surface area contributed by atoms with E-state index in [4.69, 9.17) is 4.74 Å². The smallest absolute Gasteiger partial charge is 0.0721 e. The van der Waals surface area contributed by atoms with Crippen molar-refractivity contribution in [3.8, 4) is 0 Å². The molecule has 0 unspecified atom stereocenters. The van der Waals surface area contributed by atoms with Crippen LogP contribution in [-0.4, -0.2) is 6.61 Å². The summed E-state index contributed by atoms with van der Waals surface area (Å²) >= 11 is 0. The van der Waals surface area contributed by atoms with Crippen LogP contribution in [0.2, 0.25) is 0 Å². The van der Waals surface area contributed by atoms with Crippen LogP contribution in [0.1, 0.15) is 87.7 Å². The number of ether oxygens (including phenoxy) is 1. The molecular weight excluding hydrogens is 340 g/mol. The fraction of sp³-hybridized carbons (Fsp3) is 0.630. The van der Waals surface area contributed by atoms with E-state index in [1.807, 2.05) is 6.08 Å². The standard InChI is InChI=1S/C27H40O/c1-3-5-6-7-22-8-12-24(13-9-22)26-16-18-27(19-17-26)25-14-10-23(11-15-25)21-28-20-4-2/h3-4,10-11,14-15,22,24,26-27H,1-2,5-9,12-13,16-21H2. The molecule has 3 rings (SSSR count). The Kier molecular flexibility index (Phi) is 8.86. The molecule has 2 aliphatic rings. The Labute approximate surface area is 173 Å².